The molecule has 0 saturated heterocycles. The van der Waals surface area contributed by atoms with Gasteiger partial charge in [-0.15, -0.1) is 0 Å². The molecule has 122 valence electrons. The number of pyridine rings is 1. The average molecular weight is 366 g/mol. The lowest BCUT2D eigenvalue weighted by Gasteiger charge is -2.25. The van der Waals surface area contributed by atoms with Crippen molar-refractivity contribution >= 4 is 45.1 Å². The number of amidine groups is 1. The molecule has 2 atom stereocenters. The number of aromatic nitrogens is 1. The van der Waals surface area contributed by atoms with Gasteiger partial charge in [-0.3, -0.25) is 4.99 Å². The van der Waals surface area contributed by atoms with Crippen molar-refractivity contribution in [2.24, 2.45) is 9.98 Å². The third-order valence-electron chi connectivity index (χ3n) is 4.37. The second-order valence-corrected chi connectivity index (χ2v) is 7.42. The molecule has 1 aromatic heterocycles. The van der Waals surface area contributed by atoms with Crippen LogP contribution >= 0.6 is 23.4 Å². The SMILES string of the molecule is OC1c2cc3ccccc3nc2SC2=NC(c3ccc(Cl)cc3)=NC21. The number of rotatable bonds is 1. The van der Waals surface area contributed by atoms with Gasteiger partial charge in [0, 0.05) is 21.5 Å². The van der Waals surface area contributed by atoms with Crippen LogP contribution in [0.25, 0.3) is 10.9 Å². The number of aliphatic imine (C=N–C) groups is 2. The number of aliphatic hydroxyl groups excluding tert-OH is 1. The molecule has 3 heterocycles. The number of halogens is 1. The Labute approximate surface area is 153 Å². The molecule has 0 spiro atoms. The van der Waals surface area contributed by atoms with Gasteiger partial charge in [0.25, 0.3) is 0 Å². The van der Waals surface area contributed by atoms with E-state index in [1.54, 1.807) is 0 Å². The molecule has 6 heteroatoms. The first kappa shape index (κ1) is 15.1. The summed E-state index contributed by atoms with van der Waals surface area (Å²) in [6.07, 6.45) is -0.739. The van der Waals surface area contributed by atoms with Crippen molar-refractivity contribution in [1.29, 1.82) is 0 Å². The molecule has 0 fully saturated rings. The molecule has 4 nitrogen and oxygen atoms in total. The maximum atomic E-state index is 10.8. The Morgan fingerprint density at radius 3 is 2.68 bits per heavy atom. The predicted octanol–water partition coefficient (Wildman–Crippen LogP) is 4.25. The van der Waals surface area contributed by atoms with Gasteiger partial charge in [-0.1, -0.05) is 41.6 Å². The zero-order valence-electron chi connectivity index (χ0n) is 12.9. The molecule has 2 unspecified atom stereocenters. The summed E-state index contributed by atoms with van der Waals surface area (Å²) in [6.45, 7) is 0. The quantitative estimate of drug-likeness (QED) is 0.701. The van der Waals surface area contributed by atoms with Crippen molar-refractivity contribution in [3.63, 3.8) is 0 Å². The summed E-state index contributed by atoms with van der Waals surface area (Å²) < 4.78 is 0. The van der Waals surface area contributed by atoms with Gasteiger partial charge < -0.3 is 5.11 Å². The van der Waals surface area contributed by atoms with Gasteiger partial charge in [0.15, 0.2) is 5.84 Å². The van der Waals surface area contributed by atoms with E-state index < -0.39 is 6.10 Å². The zero-order chi connectivity index (χ0) is 17.0. The zero-order valence-corrected chi connectivity index (χ0v) is 14.5. The number of benzene rings is 2. The lowest BCUT2D eigenvalue weighted by Crippen LogP contribution is -2.27. The number of para-hydroxylation sites is 1. The lowest BCUT2D eigenvalue weighted by atomic mass is 10.0. The van der Waals surface area contributed by atoms with E-state index >= 15 is 0 Å². The van der Waals surface area contributed by atoms with Crippen LogP contribution in [-0.4, -0.2) is 27.0 Å². The van der Waals surface area contributed by atoms with E-state index in [4.69, 9.17) is 11.6 Å². The number of hydrogen-bond donors (Lipinski definition) is 1. The van der Waals surface area contributed by atoms with Crippen molar-refractivity contribution in [2.75, 3.05) is 0 Å². The molecule has 0 aliphatic carbocycles. The molecule has 1 N–H and O–H groups in total. The Kier molecular flexibility index (Phi) is 3.41. The fourth-order valence-corrected chi connectivity index (χ4v) is 4.29. The van der Waals surface area contributed by atoms with E-state index in [-0.39, 0.29) is 6.04 Å². The minimum Gasteiger partial charge on any atom is -0.386 e. The van der Waals surface area contributed by atoms with Crippen LogP contribution in [0.15, 0.2) is 69.6 Å². The molecule has 25 heavy (non-hydrogen) atoms. The van der Waals surface area contributed by atoms with Crippen molar-refractivity contribution in [3.05, 3.63) is 70.7 Å². The Hall–Kier alpha value is -2.21. The van der Waals surface area contributed by atoms with Crippen LogP contribution in [0.5, 0.6) is 0 Å². The Morgan fingerprint density at radius 2 is 1.84 bits per heavy atom. The summed E-state index contributed by atoms with van der Waals surface area (Å²) in [7, 11) is 0. The number of aliphatic hydroxyl groups is 1. The number of fused-ring (bicyclic) bond motifs is 3. The molecule has 3 aromatic rings. The van der Waals surface area contributed by atoms with E-state index in [2.05, 4.69) is 15.0 Å². The van der Waals surface area contributed by atoms with Gasteiger partial charge in [0.1, 0.15) is 22.2 Å². The third kappa shape index (κ3) is 2.47. The maximum Gasteiger partial charge on any atom is 0.156 e. The summed E-state index contributed by atoms with van der Waals surface area (Å²) in [5.74, 6) is 0.626. The molecule has 2 aliphatic heterocycles. The average Bonchev–Trinajstić information content (AvgIpc) is 3.05. The van der Waals surface area contributed by atoms with Gasteiger partial charge in [-0.05, 0) is 36.4 Å². The van der Waals surface area contributed by atoms with Crippen molar-refractivity contribution in [3.8, 4) is 0 Å². The van der Waals surface area contributed by atoms with Crippen molar-refractivity contribution in [1.82, 2.24) is 4.98 Å². The van der Waals surface area contributed by atoms with Crippen LogP contribution in [0, 0.1) is 0 Å². The van der Waals surface area contributed by atoms with E-state index in [0.717, 1.165) is 32.1 Å². The molecule has 2 aliphatic rings. The number of hydrogen-bond acceptors (Lipinski definition) is 5. The molecule has 0 saturated carbocycles. The highest BCUT2D eigenvalue weighted by Gasteiger charge is 2.38. The summed E-state index contributed by atoms with van der Waals surface area (Å²) in [6, 6.07) is 16.9. The molecule has 0 radical (unpaired) electrons. The minimum absolute atomic E-state index is 0.369. The van der Waals surface area contributed by atoms with E-state index in [9.17, 15) is 5.11 Å². The van der Waals surface area contributed by atoms with Crippen molar-refractivity contribution in [2.45, 2.75) is 17.2 Å². The predicted molar refractivity (Wildman–Crippen MR) is 102 cm³/mol. The standard InChI is InChI=1S/C19H12ClN3OS/c20-12-7-5-10(6-8-12)17-22-15-16(24)13-9-11-3-1-2-4-14(11)21-18(13)25-19(15)23-17/h1-9,15-16,24H. The normalized spacial score (nSPS) is 21.5. The van der Waals surface area contributed by atoms with Crippen LogP contribution in [0.3, 0.4) is 0 Å². The maximum absolute atomic E-state index is 10.8. The number of nitrogens with zero attached hydrogens (tertiary/aromatic N) is 3. The van der Waals surface area contributed by atoms with Crippen LogP contribution in [0.2, 0.25) is 5.02 Å². The summed E-state index contributed by atoms with van der Waals surface area (Å²) >= 11 is 7.43. The van der Waals surface area contributed by atoms with E-state index in [0.29, 0.717) is 10.9 Å². The molecular weight excluding hydrogens is 354 g/mol. The Bertz CT molecular complexity index is 1060. The largest absolute Gasteiger partial charge is 0.386 e. The highest BCUT2D eigenvalue weighted by atomic mass is 35.5. The van der Waals surface area contributed by atoms with Crippen LogP contribution in [0.4, 0.5) is 0 Å². The van der Waals surface area contributed by atoms with Crippen LogP contribution < -0.4 is 0 Å². The van der Waals surface area contributed by atoms with Gasteiger partial charge in [0.2, 0.25) is 0 Å². The highest BCUT2D eigenvalue weighted by molar-refractivity contribution is 8.14. The van der Waals surface area contributed by atoms with Gasteiger partial charge in [-0.25, -0.2) is 9.98 Å². The first-order valence-electron chi connectivity index (χ1n) is 7.87. The summed E-state index contributed by atoms with van der Waals surface area (Å²) in [5, 5.41) is 14.1. The van der Waals surface area contributed by atoms with E-state index in [1.165, 1.54) is 11.8 Å². The molecule has 2 aromatic carbocycles. The first-order chi connectivity index (χ1) is 12.2. The number of thioether (sulfide) groups is 1. The fourth-order valence-electron chi connectivity index (χ4n) is 3.09. The van der Waals surface area contributed by atoms with E-state index in [1.807, 2.05) is 54.6 Å². The minimum atomic E-state index is -0.739. The monoisotopic (exact) mass is 365 g/mol. The van der Waals surface area contributed by atoms with Crippen LogP contribution in [0.1, 0.15) is 17.2 Å². The summed E-state index contributed by atoms with van der Waals surface area (Å²) in [4.78, 5) is 14.0. The second kappa shape index (κ2) is 5.66. The van der Waals surface area contributed by atoms with Gasteiger partial charge in [-0.2, -0.15) is 0 Å². The Balaban J connectivity index is 1.58. The smallest absolute Gasteiger partial charge is 0.156 e. The topological polar surface area (TPSA) is 57.8 Å². The van der Waals surface area contributed by atoms with Gasteiger partial charge >= 0.3 is 0 Å². The summed E-state index contributed by atoms with van der Waals surface area (Å²) in [5.41, 5.74) is 2.62. The molecular formula is C19H12ClN3OS. The second-order valence-electron chi connectivity index (χ2n) is 5.98. The molecule has 0 bridgehead atoms. The molecule has 5 rings (SSSR count). The van der Waals surface area contributed by atoms with Crippen LogP contribution in [-0.2, 0) is 0 Å². The van der Waals surface area contributed by atoms with Crippen molar-refractivity contribution < 1.29 is 5.11 Å². The lowest BCUT2D eigenvalue weighted by molar-refractivity contribution is 0.167. The van der Waals surface area contributed by atoms with Gasteiger partial charge in [0.05, 0.1) is 5.52 Å². The third-order valence-corrected chi connectivity index (χ3v) is 5.68. The Morgan fingerprint density at radius 1 is 1.04 bits per heavy atom. The fraction of sp³-hybridized carbons (Fsp3) is 0.105. The molecule has 0 amide bonds. The highest BCUT2D eigenvalue weighted by Crippen LogP contribution is 2.42. The first-order valence-corrected chi connectivity index (χ1v) is 9.06.